The van der Waals surface area contributed by atoms with Gasteiger partial charge in [-0.1, -0.05) is 0 Å². The molecule has 0 atom stereocenters. The zero-order valence-electron chi connectivity index (χ0n) is 18.2. The van der Waals surface area contributed by atoms with Crippen LogP contribution in [0.3, 0.4) is 0 Å². The van der Waals surface area contributed by atoms with E-state index in [1.165, 1.54) is 6.20 Å². The van der Waals surface area contributed by atoms with Crippen molar-refractivity contribution in [1.82, 2.24) is 19.9 Å². The van der Waals surface area contributed by atoms with Gasteiger partial charge in [0.1, 0.15) is 21.9 Å². The number of methoxy groups -OCH3 is 1. The van der Waals surface area contributed by atoms with Crippen molar-refractivity contribution in [3.63, 3.8) is 0 Å². The third-order valence-electron chi connectivity index (χ3n) is 5.96. The number of benzene rings is 1. The third kappa shape index (κ3) is 5.63. The predicted octanol–water partition coefficient (Wildman–Crippen LogP) is 5.35. The predicted molar refractivity (Wildman–Crippen MR) is 137 cm³/mol. The number of fused-ring (bicyclic) bond motifs is 2. The Morgan fingerprint density at radius 1 is 1.09 bits per heavy atom. The van der Waals surface area contributed by atoms with Crippen LogP contribution in [0.15, 0.2) is 42.2 Å². The van der Waals surface area contributed by atoms with Crippen molar-refractivity contribution in [3.8, 4) is 5.75 Å². The number of ether oxygens (including phenoxy) is 1. The monoisotopic (exact) mass is 509 g/mol. The van der Waals surface area contributed by atoms with Crippen molar-refractivity contribution < 1.29 is 9.13 Å². The molecule has 0 saturated carbocycles. The van der Waals surface area contributed by atoms with Gasteiger partial charge in [0.05, 0.1) is 36.2 Å². The number of thiazole rings is 1. The maximum Gasteiger partial charge on any atom is 0.145 e. The maximum absolute atomic E-state index is 14.6. The summed E-state index contributed by atoms with van der Waals surface area (Å²) in [6.45, 7) is 2.79. The van der Waals surface area contributed by atoms with Gasteiger partial charge in [0.25, 0.3) is 0 Å². The maximum atomic E-state index is 14.6. The van der Waals surface area contributed by atoms with Gasteiger partial charge >= 0.3 is 0 Å². The fourth-order valence-corrected chi connectivity index (χ4v) is 4.84. The second kappa shape index (κ2) is 11.2. The zero-order valence-corrected chi connectivity index (χ0v) is 20.6. The summed E-state index contributed by atoms with van der Waals surface area (Å²) in [6, 6.07) is 8.10. The number of nitrogens with one attached hydrogen (secondary N) is 1. The van der Waals surface area contributed by atoms with E-state index in [4.69, 9.17) is 4.74 Å². The fraction of sp³-hybridized carbons (Fsp3) is 0.348. The van der Waals surface area contributed by atoms with Crippen LogP contribution in [0, 0.1) is 5.82 Å². The van der Waals surface area contributed by atoms with Crippen LogP contribution in [0.2, 0.25) is 0 Å². The quantitative estimate of drug-likeness (QED) is 0.378. The van der Waals surface area contributed by atoms with E-state index in [2.05, 4.69) is 31.2 Å². The van der Waals surface area contributed by atoms with Gasteiger partial charge in [0.2, 0.25) is 0 Å². The Bertz CT molecular complexity index is 1220. The molecule has 3 aromatic heterocycles. The first-order valence-corrected chi connectivity index (χ1v) is 11.4. The lowest BCUT2D eigenvalue weighted by atomic mass is 10.0. The Hall–Kier alpha value is -2.26. The first-order valence-electron chi connectivity index (χ1n) is 10.5. The molecule has 4 heterocycles. The minimum absolute atomic E-state index is 0. The summed E-state index contributed by atoms with van der Waals surface area (Å²) in [5.41, 5.74) is 5.30. The summed E-state index contributed by atoms with van der Waals surface area (Å²) in [4.78, 5) is 16.4. The highest BCUT2D eigenvalue weighted by Crippen LogP contribution is 2.26. The number of nitrogens with zero attached hydrogens (tertiary/aromatic N) is 4. The molecule has 0 bridgehead atoms. The lowest BCUT2D eigenvalue weighted by Crippen LogP contribution is -2.40. The molecule has 6 nitrogen and oxygen atoms in total. The Morgan fingerprint density at radius 3 is 2.70 bits per heavy atom. The SMILES string of the molecule is COc1ccc2ncc(F)c(CCN3CCC(Nc4cnc5scnc5c4)CC3)c2c1.Cl.Cl. The number of rotatable bonds is 6. The van der Waals surface area contributed by atoms with Crippen LogP contribution in [0.25, 0.3) is 21.3 Å². The smallest absolute Gasteiger partial charge is 0.145 e. The summed E-state index contributed by atoms with van der Waals surface area (Å²) >= 11 is 1.56. The van der Waals surface area contributed by atoms with Crippen molar-refractivity contribution in [2.24, 2.45) is 0 Å². The highest BCUT2D eigenvalue weighted by Gasteiger charge is 2.20. The number of halogens is 3. The van der Waals surface area contributed by atoms with Gasteiger partial charge in [-0.15, -0.1) is 36.2 Å². The summed E-state index contributed by atoms with van der Waals surface area (Å²) in [5.74, 6) is 0.473. The van der Waals surface area contributed by atoms with Crippen LogP contribution in [0.1, 0.15) is 18.4 Å². The number of likely N-dealkylation sites (tertiary alicyclic amines) is 1. The van der Waals surface area contributed by atoms with E-state index in [1.54, 1.807) is 18.4 Å². The molecule has 1 fully saturated rings. The van der Waals surface area contributed by atoms with Gasteiger partial charge in [0.15, 0.2) is 0 Å². The fourth-order valence-electron chi connectivity index (χ4n) is 4.23. The van der Waals surface area contributed by atoms with E-state index in [-0.39, 0.29) is 30.6 Å². The van der Waals surface area contributed by atoms with Crippen molar-refractivity contribution in [1.29, 1.82) is 0 Å². The number of anilines is 1. The van der Waals surface area contributed by atoms with E-state index in [0.29, 0.717) is 18.0 Å². The molecule has 1 aliphatic heterocycles. The van der Waals surface area contributed by atoms with Gasteiger partial charge < -0.3 is 15.0 Å². The van der Waals surface area contributed by atoms with Gasteiger partial charge in [-0.2, -0.15) is 0 Å². The highest BCUT2D eigenvalue weighted by atomic mass is 35.5. The number of hydrogen-bond donors (Lipinski definition) is 1. The first-order chi connectivity index (χ1) is 15.2. The highest BCUT2D eigenvalue weighted by molar-refractivity contribution is 7.16. The molecule has 1 N–H and O–H groups in total. The van der Waals surface area contributed by atoms with E-state index in [1.807, 2.05) is 29.9 Å². The molecule has 0 amide bonds. The number of pyridine rings is 2. The van der Waals surface area contributed by atoms with Crippen LogP contribution in [-0.4, -0.2) is 52.6 Å². The van der Waals surface area contributed by atoms with Crippen LogP contribution in [0.5, 0.6) is 5.75 Å². The molecule has 0 aliphatic carbocycles. The van der Waals surface area contributed by atoms with Crippen LogP contribution in [-0.2, 0) is 6.42 Å². The number of piperidine rings is 1. The van der Waals surface area contributed by atoms with Crippen LogP contribution < -0.4 is 10.1 Å². The molecule has 5 rings (SSSR count). The topological polar surface area (TPSA) is 63.2 Å². The molecule has 176 valence electrons. The van der Waals surface area contributed by atoms with Crippen molar-refractivity contribution in [2.45, 2.75) is 25.3 Å². The second-order valence-electron chi connectivity index (χ2n) is 7.88. The van der Waals surface area contributed by atoms with E-state index < -0.39 is 0 Å². The van der Waals surface area contributed by atoms with E-state index in [9.17, 15) is 4.39 Å². The van der Waals surface area contributed by atoms with Crippen molar-refractivity contribution >= 4 is 63.1 Å². The normalized spacial score (nSPS) is 14.6. The van der Waals surface area contributed by atoms with Gasteiger partial charge in [0, 0.05) is 36.6 Å². The Balaban J connectivity index is 0.00000153. The first kappa shape index (κ1) is 25.4. The molecule has 0 spiro atoms. The summed E-state index contributed by atoms with van der Waals surface area (Å²) < 4.78 is 19.9. The summed E-state index contributed by atoms with van der Waals surface area (Å²) in [6.07, 6.45) is 5.96. The molecule has 33 heavy (non-hydrogen) atoms. The zero-order chi connectivity index (χ0) is 21.2. The average Bonchev–Trinajstić information content (AvgIpc) is 3.27. The Morgan fingerprint density at radius 2 is 1.91 bits per heavy atom. The lowest BCUT2D eigenvalue weighted by Gasteiger charge is -2.32. The van der Waals surface area contributed by atoms with Crippen molar-refractivity contribution in [2.75, 3.05) is 32.1 Å². The second-order valence-corrected chi connectivity index (χ2v) is 8.71. The summed E-state index contributed by atoms with van der Waals surface area (Å²) in [7, 11) is 1.62. The molecular weight excluding hydrogens is 484 g/mol. The third-order valence-corrected chi connectivity index (χ3v) is 6.71. The largest absolute Gasteiger partial charge is 0.497 e. The molecule has 0 unspecified atom stereocenters. The average molecular weight is 510 g/mol. The molecule has 1 aliphatic rings. The Kier molecular flexibility index (Phi) is 8.64. The van der Waals surface area contributed by atoms with Crippen LogP contribution >= 0.6 is 36.2 Å². The molecule has 1 saturated heterocycles. The number of aromatic nitrogens is 3. The molecular formula is C23H26Cl2FN5OS. The van der Waals surface area contributed by atoms with Crippen molar-refractivity contribution in [3.05, 3.63) is 53.6 Å². The van der Waals surface area contributed by atoms with Gasteiger partial charge in [-0.3, -0.25) is 4.98 Å². The summed E-state index contributed by atoms with van der Waals surface area (Å²) in [5, 5.41) is 4.43. The van der Waals surface area contributed by atoms with Crippen LogP contribution in [0.4, 0.5) is 10.1 Å². The number of hydrogen-bond acceptors (Lipinski definition) is 7. The lowest BCUT2D eigenvalue weighted by molar-refractivity contribution is 0.221. The molecule has 10 heteroatoms. The molecule has 0 radical (unpaired) electrons. The standard InChI is InChI=1S/C23H24FN5OS.2ClH/c1-30-17-2-3-21-19(11-17)18(20(24)13-25-21)6-9-29-7-4-15(5-8-29)28-16-10-22-23(26-12-16)31-14-27-22;;/h2-3,10-15,28H,4-9H2,1H3;2*1H. The minimum atomic E-state index is -0.248. The van der Waals surface area contributed by atoms with Gasteiger partial charge in [-0.25, -0.2) is 14.4 Å². The minimum Gasteiger partial charge on any atom is -0.497 e. The van der Waals surface area contributed by atoms with E-state index in [0.717, 1.165) is 65.2 Å². The Labute approximate surface area is 208 Å². The van der Waals surface area contributed by atoms with Gasteiger partial charge in [-0.05, 0) is 43.5 Å². The van der Waals surface area contributed by atoms with E-state index >= 15 is 0 Å². The molecule has 1 aromatic carbocycles. The molecule has 4 aromatic rings.